The number of primary sulfonamides is 1. The number of nitrogens with one attached hydrogen (secondary N) is 1. The van der Waals surface area contributed by atoms with Crippen LogP contribution in [-0.2, 0) is 16.4 Å². The quantitative estimate of drug-likeness (QED) is 0.574. The number of nitrogen functional groups attached to an aromatic ring is 1. The molecule has 15 heavy (non-hydrogen) atoms. The van der Waals surface area contributed by atoms with E-state index in [2.05, 4.69) is 5.32 Å². The van der Waals surface area contributed by atoms with E-state index in [-0.39, 0.29) is 0 Å². The molecule has 0 aliphatic carbocycles. The van der Waals surface area contributed by atoms with Gasteiger partial charge in [0.1, 0.15) is 0 Å². The second kappa shape index (κ2) is 3.48. The minimum atomic E-state index is -3.62. The first kappa shape index (κ1) is 10.4. The van der Waals surface area contributed by atoms with Crippen LogP contribution in [-0.4, -0.2) is 15.0 Å². The van der Waals surface area contributed by atoms with Crippen LogP contribution in [0.5, 0.6) is 0 Å². The Morgan fingerprint density at radius 2 is 2.13 bits per heavy atom. The lowest BCUT2D eigenvalue weighted by atomic mass is 10.0. The molecule has 1 atom stereocenters. The first-order chi connectivity index (χ1) is 6.98. The van der Waals surface area contributed by atoms with Crippen LogP contribution in [0.1, 0.15) is 16.5 Å². The van der Waals surface area contributed by atoms with Crippen molar-refractivity contribution in [2.24, 2.45) is 5.14 Å². The summed E-state index contributed by atoms with van der Waals surface area (Å²) in [6.45, 7) is 0.609. The molecule has 0 saturated heterocycles. The van der Waals surface area contributed by atoms with Crippen LogP contribution >= 0.6 is 0 Å². The number of nitrogens with two attached hydrogens (primary N) is 2. The number of hydrogen-bond acceptors (Lipinski definition) is 4. The largest absolute Gasteiger partial charge is 0.399 e. The molecule has 1 heterocycles. The van der Waals surface area contributed by atoms with E-state index in [9.17, 15) is 8.42 Å². The number of fused-ring (bicyclic) bond motifs is 1. The molecular formula is C9H13N3O2S. The first-order valence-electron chi connectivity index (χ1n) is 4.62. The second-order valence-corrected chi connectivity index (χ2v) is 5.28. The van der Waals surface area contributed by atoms with Gasteiger partial charge in [-0.2, -0.15) is 0 Å². The SMILES string of the molecule is Nc1ccc2c(c1)C(S(N)(=O)=O)NCC2. The molecule has 6 heteroatoms. The number of benzene rings is 1. The summed E-state index contributed by atoms with van der Waals surface area (Å²) < 4.78 is 22.7. The summed E-state index contributed by atoms with van der Waals surface area (Å²) >= 11 is 0. The summed E-state index contributed by atoms with van der Waals surface area (Å²) in [5, 5.41) is 7.19. The molecule has 2 rings (SSSR count). The van der Waals surface area contributed by atoms with Gasteiger partial charge in [-0.25, -0.2) is 13.6 Å². The van der Waals surface area contributed by atoms with Gasteiger partial charge in [-0.1, -0.05) is 6.07 Å². The van der Waals surface area contributed by atoms with Crippen molar-refractivity contribution in [2.75, 3.05) is 12.3 Å². The van der Waals surface area contributed by atoms with Gasteiger partial charge in [0, 0.05) is 12.2 Å². The van der Waals surface area contributed by atoms with Gasteiger partial charge in [-0.15, -0.1) is 0 Å². The van der Waals surface area contributed by atoms with Crippen molar-refractivity contribution < 1.29 is 8.42 Å². The third kappa shape index (κ3) is 1.97. The van der Waals surface area contributed by atoms with E-state index in [1.54, 1.807) is 12.1 Å². The fourth-order valence-electron chi connectivity index (χ4n) is 1.83. The molecule has 5 N–H and O–H groups in total. The lowest BCUT2D eigenvalue weighted by Gasteiger charge is -2.25. The predicted molar refractivity (Wildman–Crippen MR) is 58.4 cm³/mol. The highest BCUT2D eigenvalue weighted by atomic mass is 32.2. The molecule has 0 aromatic heterocycles. The number of rotatable bonds is 1. The zero-order valence-corrected chi connectivity index (χ0v) is 8.92. The van der Waals surface area contributed by atoms with Gasteiger partial charge in [-0.05, 0) is 29.7 Å². The Morgan fingerprint density at radius 1 is 1.40 bits per heavy atom. The standard InChI is InChI=1S/C9H13N3O2S/c10-7-2-1-6-3-4-12-9(8(6)5-7)15(11,13)14/h1-2,5,9,12H,3-4,10H2,(H2,11,13,14). The Morgan fingerprint density at radius 3 is 2.80 bits per heavy atom. The van der Waals surface area contributed by atoms with Crippen molar-refractivity contribution in [3.63, 3.8) is 0 Å². The summed E-state index contributed by atoms with van der Waals surface area (Å²) in [5.74, 6) is 0. The number of sulfonamides is 1. The summed E-state index contributed by atoms with van der Waals surface area (Å²) in [6, 6.07) is 5.28. The Labute approximate surface area is 88.5 Å². The molecule has 1 aliphatic heterocycles. The Bertz CT molecular complexity index is 484. The highest BCUT2D eigenvalue weighted by Gasteiger charge is 2.28. The summed E-state index contributed by atoms with van der Waals surface area (Å²) in [4.78, 5) is 0. The van der Waals surface area contributed by atoms with E-state index >= 15 is 0 Å². The van der Waals surface area contributed by atoms with E-state index in [0.717, 1.165) is 12.0 Å². The van der Waals surface area contributed by atoms with Crippen molar-refractivity contribution in [1.29, 1.82) is 0 Å². The summed E-state index contributed by atoms with van der Waals surface area (Å²) in [6.07, 6.45) is 0.793. The highest BCUT2D eigenvalue weighted by molar-refractivity contribution is 7.89. The molecule has 82 valence electrons. The molecule has 0 saturated carbocycles. The van der Waals surface area contributed by atoms with Crippen LogP contribution < -0.4 is 16.2 Å². The molecule has 1 unspecified atom stereocenters. The van der Waals surface area contributed by atoms with Crippen LogP contribution in [0.3, 0.4) is 0 Å². The molecule has 1 aromatic rings. The average Bonchev–Trinajstić information content (AvgIpc) is 2.15. The minimum absolute atomic E-state index is 0.547. The van der Waals surface area contributed by atoms with Gasteiger partial charge in [0.15, 0.2) is 5.37 Å². The fourth-order valence-corrected chi connectivity index (χ4v) is 2.75. The molecule has 0 spiro atoms. The highest BCUT2D eigenvalue weighted by Crippen LogP contribution is 2.27. The smallest absolute Gasteiger partial charge is 0.229 e. The van der Waals surface area contributed by atoms with Crippen LogP contribution in [0.4, 0.5) is 5.69 Å². The molecule has 0 radical (unpaired) electrons. The Kier molecular flexibility index (Phi) is 2.41. The lowest BCUT2D eigenvalue weighted by molar-refractivity contribution is 0.543. The van der Waals surface area contributed by atoms with E-state index in [1.165, 1.54) is 0 Å². The van der Waals surface area contributed by atoms with E-state index in [4.69, 9.17) is 10.9 Å². The summed E-state index contributed by atoms with van der Waals surface area (Å²) in [7, 11) is -3.62. The normalized spacial score (nSPS) is 21.0. The average molecular weight is 227 g/mol. The van der Waals surface area contributed by atoms with Gasteiger partial charge in [-0.3, -0.25) is 5.32 Å². The van der Waals surface area contributed by atoms with E-state index in [0.29, 0.717) is 17.8 Å². The molecule has 0 amide bonds. The Balaban J connectivity index is 2.55. The predicted octanol–water partition coefficient (Wildman–Crippen LogP) is -0.298. The third-order valence-electron chi connectivity index (χ3n) is 2.50. The zero-order valence-electron chi connectivity index (χ0n) is 8.10. The van der Waals surface area contributed by atoms with Crippen molar-refractivity contribution in [1.82, 2.24) is 5.32 Å². The van der Waals surface area contributed by atoms with Gasteiger partial charge in [0.25, 0.3) is 0 Å². The first-order valence-corrected chi connectivity index (χ1v) is 6.23. The van der Waals surface area contributed by atoms with Crippen LogP contribution in [0.25, 0.3) is 0 Å². The van der Waals surface area contributed by atoms with Crippen LogP contribution in [0, 0.1) is 0 Å². The van der Waals surface area contributed by atoms with Crippen LogP contribution in [0.15, 0.2) is 18.2 Å². The molecular weight excluding hydrogens is 214 g/mol. The van der Waals surface area contributed by atoms with Crippen LogP contribution in [0.2, 0.25) is 0 Å². The number of anilines is 1. The van der Waals surface area contributed by atoms with Crippen molar-refractivity contribution in [2.45, 2.75) is 11.8 Å². The maximum Gasteiger partial charge on any atom is 0.229 e. The lowest BCUT2D eigenvalue weighted by Crippen LogP contribution is -2.38. The zero-order chi connectivity index (χ0) is 11.1. The topological polar surface area (TPSA) is 98.2 Å². The molecule has 0 fully saturated rings. The van der Waals surface area contributed by atoms with Gasteiger partial charge in [0.05, 0.1) is 0 Å². The molecule has 1 aliphatic rings. The maximum atomic E-state index is 11.3. The molecule has 1 aromatic carbocycles. The second-order valence-electron chi connectivity index (χ2n) is 3.63. The fraction of sp³-hybridized carbons (Fsp3) is 0.333. The van der Waals surface area contributed by atoms with E-state index < -0.39 is 15.4 Å². The maximum absolute atomic E-state index is 11.3. The van der Waals surface area contributed by atoms with Crippen molar-refractivity contribution in [3.05, 3.63) is 29.3 Å². The monoisotopic (exact) mass is 227 g/mol. The summed E-state index contributed by atoms with van der Waals surface area (Å²) in [5.41, 5.74) is 7.83. The number of hydrogen-bond donors (Lipinski definition) is 3. The van der Waals surface area contributed by atoms with Gasteiger partial charge in [0.2, 0.25) is 10.0 Å². The van der Waals surface area contributed by atoms with Gasteiger partial charge < -0.3 is 5.73 Å². The van der Waals surface area contributed by atoms with Crippen molar-refractivity contribution >= 4 is 15.7 Å². The molecule has 0 bridgehead atoms. The van der Waals surface area contributed by atoms with E-state index in [1.807, 2.05) is 6.07 Å². The van der Waals surface area contributed by atoms with Gasteiger partial charge >= 0.3 is 0 Å². The minimum Gasteiger partial charge on any atom is -0.399 e. The third-order valence-corrected chi connectivity index (χ3v) is 3.58. The molecule has 5 nitrogen and oxygen atoms in total. The van der Waals surface area contributed by atoms with Crippen molar-refractivity contribution in [3.8, 4) is 0 Å². The Hall–Kier alpha value is -1.11.